The zero-order valence-electron chi connectivity index (χ0n) is 9.49. The van der Waals surface area contributed by atoms with Crippen molar-refractivity contribution in [2.24, 2.45) is 0 Å². The van der Waals surface area contributed by atoms with Gasteiger partial charge in [-0.15, -0.1) is 0 Å². The minimum atomic E-state index is 0.210. The Balaban J connectivity index is 2.34. The van der Waals surface area contributed by atoms with Gasteiger partial charge >= 0.3 is 0 Å². The number of rotatable bonds is 3. The van der Waals surface area contributed by atoms with Crippen molar-refractivity contribution < 1.29 is 4.79 Å². The standard InChI is InChI=1S/C12H17N3O/c1-14-8-9-7-10(13)4-5-11(9)15-6-2-3-12(15)16/h4-5,7,14H,2-3,6,8,13H2,1H3. The van der Waals surface area contributed by atoms with Crippen LogP contribution in [0.15, 0.2) is 18.2 Å². The molecule has 0 unspecified atom stereocenters. The average Bonchev–Trinajstić information content (AvgIpc) is 2.65. The Kier molecular flexibility index (Phi) is 3.10. The summed E-state index contributed by atoms with van der Waals surface area (Å²) >= 11 is 0. The molecule has 0 atom stereocenters. The zero-order valence-corrected chi connectivity index (χ0v) is 9.49. The number of anilines is 2. The molecule has 4 nitrogen and oxygen atoms in total. The molecule has 0 radical (unpaired) electrons. The third-order valence-corrected chi connectivity index (χ3v) is 2.83. The largest absolute Gasteiger partial charge is 0.399 e. The molecule has 1 aromatic carbocycles. The molecule has 1 aliphatic rings. The van der Waals surface area contributed by atoms with E-state index in [1.54, 1.807) is 0 Å². The summed E-state index contributed by atoms with van der Waals surface area (Å²) < 4.78 is 0. The van der Waals surface area contributed by atoms with Gasteiger partial charge in [-0.25, -0.2) is 0 Å². The summed E-state index contributed by atoms with van der Waals surface area (Å²) in [5, 5.41) is 3.10. The highest BCUT2D eigenvalue weighted by Crippen LogP contribution is 2.27. The molecule has 1 amide bonds. The molecule has 2 rings (SSSR count). The van der Waals surface area contributed by atoms with Crippen LogP contribution in [0.5, 0.6) is 0 Å². The second-order valence-electron chi connectivity index (χ2n) is 4.07. The third-order valence-electron chi connectivity index (χ3n) is 2.83. The van der Waals surface area contributed by atoms with Crippen molar-refractivity contribution in [1.82, 2.24) is 5.32 Å². The topological polar surface area (TPSA) is 58.4 Å². The fourth-order valence-corrected chi connectivity index (χ4v) is 2.10. The lowest BCUT2D eigenvalue weighted by Gasteiger charge is -2.20. The molecule has 1 aromatic rings. The lowest BCUT2D eigenvalue weighted by atomic mass is 10.1. The van der Waals surface area contributed by atoms with Crippen molar-refractivity contribution in [3.63, 3.8) is 0 Å². The molecule has 0 aliphatic carbocycles. The van der Waals surface area contributed by atoms with Crippen LogP contribution in [0, 0.1) is 0 Å². The lowest BCUT2D eigenvalue weighted by Crippen LogP contribution is -2.25. The van der Waals surface area contributed by atoms with Gasteiger partial charge in [0.2, 0.25) is 5.91 Å². The molecule has 86 valence electrons. The van der Waals surface area contributed by atoms with Crippen LogP contribution in [-0.2, 0) is 11.3 Å². The van der Waals surface area contributed by atoms with Crippen LogP contribution in [0.25, 0.3) is 0 Å². The molecule has 0 aromatic heterocycles. The van der Waals surface area contributed by atoms with Gasteiger partial charge < -0.3 is 16.0 Å². The van der Waals surface area contributed by atoms with E-state index < -0.39 is 0 Å². The third kappa shape index (κ3) is 2.02. The highest BCUT2D eigenvalue weighted by molar-refractivity contribution is 5.96. The fourth-order valence-electron chi connectivity index (χ4n) is 2.10. The van der Waals surface area contributed by atoms with Gasteiger partial charge in [0, 0.05) is 30.9 Å². The van der Waals surface area contributed by atoms with E-state index in [0.29, 0.717) is 6.42 Å². The Hall–Kier alpha value is -1.55. The number of carbonyl (C=O) groups excluding carboxylic acids is 1. The van der Waals surface area contributed by atoms with Gasteiger partial charge in [-0.3, -0.25) is 4.79 Å². The van der Waals surface area contributed by atoms with Gasteiger partial charge in [-0.1, -0.05) is 0 Å². The van der Waals surface area contributed by atoms with Crippen LogP contribution < -0.4 is 16.0 Å². The Morgan fingerprint density at radius 3 is 2.94 bits per heavy atom. The number of hydrogen-bond donors (Lipinski definition) is 2. The van der Waals surface area contributed by atoms with Crippen LogP contribution in [0.3, 0.4) is 0 Å². The van der Waals surface area contributed by atoms with Crippen molar-refractivity contribution in [1.29, 1.82) is 0 Å². The van der Waals surface area contributed by atoms with Gasteiger partial charge in [-0.2, -0.15) is 0 Å². The highest BCUT2D eigenvalue weighted by atomic mass is 16.2. The molecule has 4 heteroatoms. The quantitative estimate of drug-likeness (QED) is 0.749. The highest BCUT2D eigenvalue weighted by Gasteiger charge is 2.23. The van der Waals surface area contributed by atoms with E-state index in [1.165, 1.54) is 0 Å². The van der Waals surface area contributed by atoms with Crippen molar-refractivity contribution >= 4 is 17.3 Å². The van der Waals surface area contributed by atoms with Crippen LogP contribution in [0.4, 0.5) is 11.4 Å². The molecular weight excluding hydrogens is 202 g/mol. The molecule has 1 aliphatic heterocycles. The van der Waals surface area contributed by atoms with E-state index >= 15 is 0 Å². The maximum absolute atomic E-state index is 11.7. The monoisotopic (exact) mass is 219 g/mol. The van der Waals surface area contributed by atoms with E-state index in [-0.39, 0.29) is 5.91 Å². The molecular formula is C12H17N3O. The van der Waals surface area contributed by atoms with Crippen LogP contribution >= 0.6 is 0 Å². The number of amides is 1. The number of nitrogens with two attached hydrogens (primary N) is 1. The van der Waals surface area contributed by atoms with Crippen molar-refractivity contribution in [2.45, 2.75) is 19.4 Å². The smallest absolute Gasteiger partial charge is 0.227 e. The Labute approximate surface area is 95.4 Å². The predicted molar refractivity (Wildman–Crippen MR) is 65.2 cm³/mol. The minimum Gasteiger partial charge on any atom is -0.399 e. The normalized spacial score (nSPS) is 15.8. The fraction of sp³-hybridized carbons (Fsp3) is 0.417. The number of nitrogen functional groups attached to an aromatic ring is 1. The van der Waals surface area contributed by atoms with Crippen LogP contribution in [-0.4, -0.2) is 19.5 Å². The van der Waals surface area contributed by atoms with Crippen LogP contribution in [0.1, 0.15) is 18.4 Å². The first kappa shape index (κ1) is 11.0. The number of nitrogens with zero attached hydrogens (tertiary/aromatic N) is 1. The van der Waals surface area contributed by atoms with E-state index in [0.717, 1.165) is 36.4 Å². The molecule has 3 N–H and O–H groups in total. The second-order valence-corrected chi connectivity index (χ2v) is 4.07. The van der Waals surface area contributed by atoms with E-state index in [4.69, 9.17) is 5.73 Å². The Bertz CT molecular complexity index is 403. The van der Waals surface area contributed by atoms with Crippen LogP contribution in [0.2, 0.25) is 0 Å². The number of hydrogen-bond acceptors (Lipinski definition) is 3. The van der Waals surface area contributed by atoms with Gasteiger partial charge in [0.25, 0.3) is 0 Å². The summed E-state index contributed by atoms with van der Waals surface area (Å²) in [6, 6.07) is 5.71. The predicted octanol–water partition coefficient (Wildman–Crippen LogP) is 1.11. The van der Waals surface area contributed by atoms with Crippen molar-refractivity contribution in [3.8, 4) is 0 Å². The van der Waals surface area contributed by atoms with E-state index in [9.17, 15) is 4.79 Å². The molecule has 0 spiro atoms. The van der Waals surface area contributed by atoms with Crippen molar-refractivity contribution in [3.05, 3.63) is 23.8 Å². The molecule has 0 saturated carbocycles. The minimum absolute atomic E-state index is 0.210. The summed E-state index contributed by atoms with van der Waals surface area (Å²) in [4.78, 5) is 13.5. The maximum atomic E-state index is 11.7. The van der Waals surface area contributed by atoms with Crippen molar-refractivity contribution in [2.75, 3.05) is 24.2 Å². The number of nitrogens with one attached hydrogen (secondary N) is 1. The summed E-state index contributed by atoms with van der Waals surface area (Å²) in [5.74, 6) is 0.210. The summed E-state index contributed by atoms with van der Waals surface area (Å²) in [5.41, 5.74) is 8.57. The summed E-state index contributed by atoms with van der Waals surface area (Å²) in [6.45, 7) is 1.55. The Morgan fingerprint density at radius 2 is 2.31 bits per heavy atom. The first-order valence-corrected chi connectivity index (χ1v) is 5.55. The van der Waals surface area contributed by atoms with Gasteiger partial charge in [0.05, 0.1) is 0 Å². The maximum Gasteiger partial charge on any atom is 0.227 e. The first-order valence-electron chi connectivity index (χ1n) is 5.55. The average molecular weight is 219 g/mol. The van der Waals surface area contributed by atoms with Gasteiger partial charge in [0.1, 0.15) is 0 Å². The first-order chi connectivity index (χ1) is 7.72. The lowest BCUT2D eigenvalue weighted by molar-refractivity contribution is -0.117. The molecule has 1 saturated heterocycles. The van der Waals surface area contributed by atoms with E-state index in [2.05, 4.69) is 5.32 Å². The molecule has 16 heavy (non-hydrogen) atoms. The molecule has 1 heterocycles. The SMILES string of the molecule is CNCc1cc(N)ccc1N1CCCC1=O. The Morgan fingerprint density at radius 1 is 1.50 bits per heavy atom. The number of carbonyl (C=O) groups is 1. The molecule has 1 fully saturated rings. The second kappa shape index (κ2) is 4.53. The van der Waals surface area contributed by atoms with Gasteiger partial charge in [-0.05, 0) is 37.2 Å². The van der Waals surface area contributed by atoms with Gasteiger partial charge in [0.15, 0.2) is 0 Å². The molecule has 0 bridgehead atoms. The van der Waals surface area contributed by atoms with E-state index in [1.807, 2.05) is 30.1 Å². The summed E-state index contributed by atoms with van der Waals surface area (Å²) in [6.07, 6.45) is 1.60. The zero-order chi connectivity index (χ0) is 11.5. The summed E-state index contributed by atoms with van der Waals surface area (Å²) in [7, 11) is 1.89. The number of benzene rings is 1.